The van der Waals surface area contributed by atoms with Gasteiger partial charge < -0.3 is 5.84 Å². The summed E-state index contributed by atoms with van der Waals surface area (Å²) in [7, 11) is 0. The van der Waals surface area contributed by atoms with Crippen molar-refractivity contribution in [2.45, 2.75) is 6.92 Å². The van der Waals surface area contributed by atoms with Crippen molar-refractivity contribution in [1.29, 1.82) is 0 Å². The normalized spacial score (nSPS) is 10.5. The van der Waals surface area contributed by atoms with Crippen LogP contribution in [0.25, 0.3) is 0 Å². The van der Waals surface area contributed by atoms with Gasteiger partial charge in [0.2, 0.25) is 0 Å². The second kappa shape index (κ2) is 3.01. The molecule has 2 nitrogen and oxygen atoms in total. The van der Waals surface area contributed by atoms with Gasteiger partial charge in [-0.1, -0.05) is 29.8 Å². The van der Waals surface area contributed by atoms with Crippen molar-refractivity contribution in [3.8, 4) is 0 Å². The summed E-state index contributed by atoms with van der Waals surface area (Å²) in [6, 6.07) is 8.00. The van der Waals surface area contributed by atoms with Crippen molar-refractivity contribution in [2.75, 3.05) is 0 Å². The predicted molar refractivity (Wildman–Crippen MR) is 43.0 cm³/mol. The third kappa shape index (κ3) is 1.58. The number of nitrogens with two attached hydrogens (primary N) is 1. The summed E-state index contributed by atoms with van der Waals surface area (Å²) in [6.45, 7) is 2.04. The molecule has 0 bridgehead atoms. The van der Waals surface area contributed by atoms with Gasteiger partial charge in [-0.05, 0) is 12.5 Å². The van der Waals surface area contributed by atoms with Gasteiger partial charge in [0.1, 0.15) is 0 Å². The Hall–Kier alpha value is -1.31. The minimum absolute atomic E-state index is 1.04. The molecule has 1 aromatic rings. The highest BCUT2D eigenvalue weighted by Gasteiger charge is 1.85. The Morgan fingerprint density at radius 1 is 1.50 bits per heavy atom. The van der Waals surface area contributed by atoms with Crippen molar-refractivity contribution < 1.29 is 0 Å². The number of hydrogen-bond donors (Lipinski definition) is 1. The molecule has 2 heteroatoms. The van der Waals surface area contributed by atoms with Crippen LogP contribution in [-0.2, 0) is 0 Å². The van der Waals surface area contributed by atoms with E-state index in [1.807, 2.05) is 31.2 Å². The largest absolute Gasteiger partial charge is 0.323 e. The maximum atomic E-state index is 4.98. The van der Waals surface area contributed by atoms with Gasteiger partial charge in [0.15, 0.2) is 0 Å². The van der Waals surface area contributed by atoms with E-state index in [-0.39, 0.29) is 0 Å². The maximum Gasteiger partial charge on any atom is 0.0538 e. The molecule has 2 N–H and O–H groups in total. The second-order valence-electron chi connectivity index (χ2n) is 2.19. The average Bonchev–Trinajstić information content (AvgIpc) is 1.88. The first-order chi connectivity index (χ1) is 4.83. The van der Waals surface area contributed by atoms with Crippen LogP contribution in [0.1, 0.15) is 11.1 Å². The highest BCUT2D eigenvalue weighted by Crippen LogP contribution is 1.99. The number of rotatable bonds is 1. The van der Waals surface area contributed by atoms with Crippen molar-refractivity contribution >= 4 is 6.21 Å². The summed E-state index contributed by atoms with van der Waals surface area (Å²) in [4.78, 5) is 0. The minimum Gasteiger partial charge on any atom is -0.323 e. The van der Waals surface area contributed by atoms with E-state index < -0.39 is 0 Å². The number of hydrogen-bond acceptors (Lipinski definition) is 2. The van der Waals surface area contributed by atoms with Gasteiger partial charge in [-0.2, -0.15) is 5.10 Å². The minimum atomic E-state index is 1.04. The Labute approximate surface area is 60.4 Å². The van der Waals surface area contributed by atoms with Gasteiger partial charge >= 0.3 is 0 Å². The lowest BCUT2D eigenvalue weighted by molar-refractivity contribution is 1.26. The molecule has 0 aliphatic heterocycles. The van der Waals surface area contributed by atoms with E-state index in [0.717, 1.165) is 5.56 Å². The molecule has 10 heavy (non-hydrogen) atoms. The van der Waals surface area contributed by atoms with Crippen LogP contribution >= 0.6 is 0 Å². The van der Waals surface area contributed by atoms with Gasteiger partial charge in [0.25, 0.3) is 0 Å². The Balaban J connectivity index is 2.95. The lowest BCUT2D eigenvalue weighted by atomic mass is 10.2. The molecule has 0 aliphatic carbocycles. The Morgan fingerprint density at radius 2 is 2.30 bits per heavy atom. The zero-order chi connectivity index (χ0) is 7.40. The fourth-order valence-electron chi connectivity index (χ4n) is 0.836. The zero-order valence-electron chi connectivity index (χ0n) is 5.91. The topological polar surface area (TPSA) is 38.4 Å². The van der Waals surface area contributed by atoms with Crippen LogP contribution in [0.3, 0.4) is 0 Å². The SMILES string of the molecule is Cc1cccc(C=NN)c1. The molecule has 0 heterocycles. The fourth-order valence-corrected chi connectivity index (χ4v) is 0.836. The summed E-state index contributed by atoms with van der Waals surface area (Å²) in [5.74, 6) is 4.98. The Morgan fingerprint density at radius 3 is 2.90 bits per heavy atom. The molecule has 0 atom stereocenters. The third-order valence-corrected chi connectivity index (χ3v) is 1.27. The van der Waals surface area contributed by atoms with Crippen LogP contribution < -0.4 is 5.84 Å². The quantitative estimate of drug-likeness (QED) is 0.351. The molecule has 0 saturated carbocycles. The lowest BCUT2D eigenvalue weighted by Gasteiger charge is -1.92. The molecule has 0 unspecified atom stereocenters. The molecule has 0 saturated heterocycles. The molecule has 1 rings (SSSR count). The molecular formula is C8H10N2. The molecule has 0 fully saturated rings. The molecular weight excluding hydrogens is 124 g/mol. The zero-order valence-corrected chi connectivity index (χ0v) is 5.91. The fraction of sp³-hybridized carbons (Fsp3) is 0.125. The van der Waals surface area contributed by atoms with E-state index in [2.05, 4.69) is 5.10 Å². The van der Waals surface area contributed by atoms with E-state index in [9.17, 15) is 0 Å². The predicted octanol–water partition coefficient (Wildman–Crippen LogP) is 1.29. The molecule has 0 spiro atoms. The molecule has 1 aromatic carbocycles. The molecule has 0 aliphatic rings. The van der Waals surface area contributed by atoms with Crippen molar-refractivity contribution in [1.82, 2.24) is 0 Å². The first-order valence-electron chi connectivity index (χ1n) is 3.13. The monoisotopic (exact) mass is 134 g/mol. The summed E-state index contributed by atoms with van der Waals surface area (Å²) in [6.07, 6.45) is 1.63. The Bertz CT molecular complexity index is 241. The molecule has 52 valence electrons. The highest BCUT2D eigenvalue weighted by atomic mass is 15.1. The van der Waals surface area contributed by atoms with Crippen molar-refractivity contribution in [3.63, 3.8) is 0 Å². The first kappa shape index (κ1) is 6.81. The van der Waals surface area contributed by atoms with E-state index in [0.29, 0.717) is 0 Å². The maximum absolute atomic E-state index is 4.98. The average molecular weight is 134 g/mol. The van der Waals surface area contributed by atoms with E-state index in [1.165, 1.54) is 5.56 Å². The van der Waals surface area contributed by atoms with Gasteiger partial charge in [-0.25, -0.2) is 0 Å². The number of benzene rings is 1. The van der Waals surface area contributed by atoms with E-state index in [1.54, 1.807) is 6.21 Å². The van der Waals surface area contributed by atoms with Crippen LogP contribution in [-0.4, -0.2) is 6.21 Å². The van der Waals surface area contributed by atoms with Crippen molar-refractivity contribution in [3.05, 3.63) is 35.4 Å². The number of hydrazone groups is 1. The summed E-state index contributed by atoms with van der Waals surface area (Å²) in [5.41, 5.74) is 2.26. The van der Waals surface area contributed by atoms with Crippen LogP contribution in [0.15, 0.2) is 29.4 Å². The van der Waals surface area contributed by atoms with Crippen LogP contribution in [0.5, 0.6) is 0 Å². The van der Waals surface area contributed by atoms with Crippen LogP contribution in [0.4, 0.5) is 0 Å². The third-order valence-electron chi connectivity index (χ3n) is 1.27. The Kier molecular flexibility index (Phi) is 2.05. The lowest BCUT2D eigenvalue weighted by Crippen LogP contribution is -1.85. The van der Waals surface area contributed by atoms with Gasteiger partial charge in [-0.3, -0.25) is 0 Å². The van der Waals surface area contributed by atoms with Crippen molar-refractivity contribution in [2.24, 2.45) is 10.9 Å². The van der Waals surface area contributed by atoms with E-state index >= 15 is 0 Å². The van der Waals surface area contributed by atoms with Gasteiger partial charge in [0, 0.05) is 0 Å². The molecule has 0 aromatic heterocycles. The highest BCUT2D eigenvalue weighted by molar-refractivity contribution is 5.79. The molecule has 0 amide bonds. The van der Waals surface area contributed by atoms with Crippen LogP contribution in [0.2, 0.25) is 0 Å². The second-order valence-corrected chi connectivity index (χ2v) is 2.19. The first-order valence-corrected chi connectivity index (χ1v) is 3.13. The standard InChI is InChI=1S/C8H10N2/c1-7-3-2-4-8(5-7)6-10-9/h2-6H,9H2,1H3. The molecule has 0 radical (unpaired) electrons. The summed E-state index contributed by atoms with van der Waals surface area (Å²) in [5, 5.41) is 3.42. The van der Waals surface area contributed by atoms with E-state index in [4.69, 9.17) is 5.84 Å². The van der Waals surface area contributed by atoms with Gasteiger partial charge in [0.05, 0.1) is 6.21 Å². The smallest absolute Gasteiger partial charge is 0.0538 e. The summed E-state index contributed by atoms with van der Waals surface area (Å²) >= 11 is 0. The number of nitrogens with zero attached hydrogens (tertiary/aromatic N) is 1. The number of aryl methyl sites for hydroxylation is 1. The van der Waals surface area contributed by atoms with Gasteiger partial charge in [-0.15, -0.1) is 0 Å². The summed E-state index contributed by atoms with van der Waals surface area (Å²) < 4.78 is 0. The van der Waals surface area contributed by atoms with Crippen LogP contribution in [0, 0.1) is 6.92 Å².